The summed E-state index contributed by atoms with van der Waals surface area (Å²) < 4.78 is 12.3. The van der Waals surface area contributed by atoms with E-state index in [9.17, 15) is 9.59 Å². The first kappa shape index (κ1) is 25.2. The van der Waals surface area contributed by atoms with Gasteiger partial charge < -0.3 is 9.47 Å². The Kier molecular flexibility index (Phi) is 8.53. The molecule has 0 radical (unpaired) electrons. The molecule has 1 fully saturated rings. The predicted molar refractivity (Wildman–Crippen MR) is 137 cm³/mol. The minimum Gasteiger partial charge on any atom is -0.490 e. The lowest BCUT2D eigenvalue weighted by atomic mass is 10.1. The van der Waals surface area contributed by atoms with Crippen LogP contribution in [0.4, 0.5) is 0 Å². The van der Waals surface area contributed by atoms with Gasteiger partial charge in [-0.05, 0) is 76.5 Å². The zero-order valence-corrected chi connectivity index (χ0v) is 21.4. The maximum atomic E-state index is 12.8. The Labute approximate surface area is 215 Å². The summed E-state index contributed by atoms with van der Waals surface area (Å²) in [7, 11) is 0. The monoisotopic (exact) mass is 568 g/mol. The standard InChI is InChI=1S/C23H19BrCl2N2O4S/c1-3-7-28-22(30)15(21(29)27-23(28)33)8-14-9-16(24)20(19(11-14)31-4-2)32-12-13-5-6-17(25)18(26)10-13/h3,5-6,8-11H,1,4,7,12H2,2H3,(H,27,29,33)/b15-8+. The number of ether oxygens (including phenoxy) is 2. The van der Waals surface area contributed by atoms with E-state index in [1.165, 1.54) is 17.1 Å². The Morgan fingerprint density at radius 3 is 2.61 bits per heavy atom. The van der Waals surface area contributed by atoms with Crippen molar-refractivity contribution in [2.45, 2.75) is 13.5 Å². The lowest BCUT2D eigenvalue weighted by Gasteiger charge is -2.27. The number of amides is 2. The van der Waals surface area contributed by atoms with Crippen LogP contribution in [-0.2, 0) is 16.2 Å². The quantitative estimate of drug-likeness (QED) is 0.195. The van der Waals surface area contributed by atoms with Crippen LogP contribution < -0.4 is 14.8 Å². The van der Waals surface area contributed by atoms with Gasteiger partial charge in [0, 0.05) is 6.54 Å². The van der Waals surface area contributed by atoms with Crippen molar-refractivity contribution in [3.05, 3.63) is 74.2 Å². The van der Waals surface area contributed by atoms with Gasteiger partial charge in [0.2, 0.25) is 0 Å². The molecule has 2 aromatic carbocycles. The van der Waals surface area contributed by atoms with Crippen molar-refractivity contribution in [3.8, 4) is 11.5 Å². The molecule has 1 saturated heterocycles. The molecule has 0 atom stereocenters. The summed E-state index contributed by atoms with van der Waals surface area (Å²) in [5.41, 5.74) is 1.34. The van der Waals surface area contributed by atoms with Gasteiger partial charge in [0.05, 0.1) is 21.1 Å². The highest BCUT2D eigenvalue weighted by molar-refractivity contribution is 9.10. The van der Waals surface area contributed by atoms with Crippen LogP contribution in [0.25, 0.3) is 6.08 Å². The summed E-state index contributed by atoms with van der Waals surface area (Å²) in [5.74, 6) is -0.156. The van der Waals surface area contributed by atoms with E-state index in [-0.39, 0.29) is 23.8 Å². The van der Waals surface area contributed by atoms with E-state index < -0.39 is 11.8 Å². The van der Waals surface area contributed by atoms with E-state index in [2.05, 4.69) is 27.8 Å². The third-order valence-corrected chi connectivity index (χ3v) is 6.16. The van der Waals surface area contributed by atoms with Crippen LogP contribution >= 0.6 is 51.3 Å². The average molecular weight is 570 g/mol. The second-order valence-corrected chi connectivity index (χ2v) is 8.88. The number of hydrogen-bond donors (Lipinski definition) is 1. The van der Waals surface area contributed by atoms with Crippen LogP contribution in [0.1, 0.15) is 18.1 Å². The first-order valence-electron chi connectivity index (χ1n) is 9.78. The molecule has 1 N–H and O–H groups in total. The average Bonchev–Trinajstić information content (AvgIpc) is 2.76. The topological polar surface area (TPSA) is 67.9 Å². The van der Waals surface area contributed by atoms with Crippen molar-refractivity contribution in [2.75, 3.05) is 13.2 Å². The van der Waals surface area contributed by atoms with Gasteiger partial charge in [-0.15, -0.1) is 6.58 Å². The molecule has 0 aliphatic carbocycles. The molecular formula is C23H19BrCl2N2O4S. The molecule has 0 unspecified atom stereocenters. The fourth-order valence-corrected chi connectivity index (χ4v) is 4.16. The normalized spacial score (nSPS) is 15.0. The summed E-state index contributed by atoms with van der Waals surface area (Å²) in [6, 6.07) is 8.66. The molecule has 0 bridgehead atoms. The zero-order valence-electron chi connectivity index (χ0n) is 17.5. The van der Waals surface area contributed by atoms with Crippen LogP contribution in [0.2, 0.25) is 10.0 Å². The molecule has 33 heavy (non-hydrogen) atoms. The number of thiocarbonyl (C=S) groups is 1. The Balaban J connectivity index is 1.92. The maximum Gasteiger partial charge on any atom is 0.265 e. The van der Waals surface area contributed by atoms with Gasteiger partial charge in [-0.3, -0.25) is 19.8 Å². The van der Waals surface area contributed by atoms with E-state index in [1.54, 1.807) is 24.3 Å². The van der Waals surface area contributed by atoms with Crippen molar-refractivity contribution in [2.24, 2.45) is 0 Å². The van der Waals surface area contributed by atoms with Gasteiger partial charge in [-0.25, -0.2) is 0 Å². The molecule has 2 aromatic rings. The zero-order chi connectivity index (χ0) is 24.1. The number of carbonyl (C=O) groups excluding carboxylic acids is 2. The van der Waals surface area contributed by atoms with E-state index in [1.807, 2.05) is 13.0 Å². The highest BCUT2D eigenvalue weighted by Gasteiger charge is 2.32. The number of benzene rings is 2. The SMILES string of the molecule is C=CCN1C(=O)/C(=C/c2cc(Br)c(OCc3ccc(Cl)c(Cl)c3)c(OCC)c2)C(=O)NC1=S. The first-order valence-corrected chi connectivity index (χ1v) is 11.7. The Hall–Kier alpha value is -2.39. The van der Waals surface area contributed by atoms with Gasteiger partial charge in [0.1, 0.15) is 12.2 Å². The van der Waals surface area contributed by atoms with Crippen LogP contribution in [0.3, 0.4) is 0 Å². The fourth-order valence-electron chi connectivity index (χ4n) is 3.01. The third-order valence-electron chi connectivity index (χ3n) is 4.51. The van der Waals surface area contributed by atoms with Crippen molar-refractivity contribution in [3.63, 3.8) is 0 Å². The molecule has 6 nitrogen and oxygen atoms in total. The Bertz CT molecular complexity index is 1170. The van der Waals surface area contributed by atoms with Gasteiger partial charge in [-0.1, -0.05) is 35.3 Å². The number of rotatable bonds is 8. The van der Waals surface area contributed by atoms with Crippen LogP contribution in [0.5, 0.6) is 11.5 Å². The minimum atomic E-state index is -0.570. The summed E-state index contributed by atoms with van der Waals surface area (Å²) in [5, 5.41) is 3.46. The molecule has 1 aliphatic rings. The first-order chi connectivity index (χ1) is 15.7. The lowest BCUT2D eigenvalue weighted by Crippen LogP contribution is -2.53. The molecule has 0 aromatic heterocycles. The van der Waals surface area contributed by atoms with Crippen molar-refractivity contribution in [1.82, 2.24) is 10.2 Å². The maximum absolute atomic E-state index is 12.8. The van der Waals surface area contributed by atoms with E-state index in [4.69, 9.17) is 44.9 Å². The molecule has 0 saturated carbocycles. The van der Waals surface area contributed by atoms with Crippen LogP contribution in [0.15, 0.2) is 53.0 Å². The summed E-state index contributed by atoms with van der Waals surface area (Å²) in [4.78, 5) is 26.5. The van der Waals surface area contributed by atoms with Gasteiger partial charge >= 0.3 is 0 Å². The Morgan fingerprint density at radius 2 is 1.94 bits per heavy atom. The number of nitrogens with zero attached hydrogens (tertiary/aromatic N) is 1. The van der Waals surface area contributed by atoms with Gasteiger partial charge in [0.25, 0.3) is 11.8 Å². The fraction of sp³-hybridized carbons (Fsp3) is 0.174. The third kappa shape index (κ3) is 5.95. The second-order valence-electron chi connectivity index (χ2n) is 6.82. The number of carbonyl (C=O) groups is 2. The summed E-state index contributed by atoms with van der Waals surface area (Å²) in [6.07, 6.45) is 3.01. The molecule has 10 heteroatoms. The molecule has 1 heterocycles. The smallest absolute Gasteiger partial charge is 0.265 e. The molecule has 0 spiro atoms. The predicted octanol–water partition coefficient (Wildman–Crippen LogP) is 5.55. The van der Waals surface area contributed by atoms with Crippen LogP contribution in [-0.4, -0.2) is 35.0 Å². The van der Waals surface area contributed by atoms with Gasteiger partial charge in [0.15, 0.2) is 16.6 Å². The second kappa shape index (κ2) is 11.2. The highest BCUT2D eigenvalue weighted by atomic mass is 79.9. The van der Waals surface area contributed by atoms with Crippen molar-refractivity contribution >= 4 is 74.4 Å². The number of nitrogens with one attached hydrogen (secondary N) is 1. The Morgan fingerprint density at radius 1 is 1.18 bits per heavy atom. The molecule has 2 amide bonds. The minimum absolute atomic E-state index is 0.0456. The summed E-state index contributed by atoms with van der Waals surface area (Å²) >= 11 is 20.6. The van der Waals surface area contributed by atoms with E-state index in [0.717, 1.165) is 5.56 Å². The largest absolute Gasteiger partial charge is 0.490 e. The lowest BCUT2D eigenvalue weighted by molar-refractivity contribution is -0.128. The van der Waals surface area contributed by atoms with Gasteiger partial charge in [-0.2, -0.15) is 0 Å². The number of halogens is 3. The highest BCUT2D eigenvalue weighted by Crippen LogP contribution is 2.38. The van der Waals surface area contributed by atoms with Crippen molar-refractivity contribution in [1.29, 1.82) is 0 Å². The van der Waals surface area contributed by atoms with Crippen molar-refractivity contribution < 1.29 is 19.1 Å². The van der Waals surface area contributed by atoms with E-state index in [0.29, 0.717) is 38.2 Å². The summed E-state index contributed by atoms with van der Waals surface area (Å²) in [6.45, 7) is 6.26. The molecule has 172 valence electrons. The van der Waals surface area contributed by atoms with Crippen LogP contribution in [0, 0.1) is 0 Å². The molecule has 3 rings (SSSR count). The van der Waals surface area contributed by atoms with E-state index >= 15 is 0 Å². The number of hydrogen-bond acceptors (Lipinski definition) is 5. The molecular weight excluding hydrogens is 551 g/mol. The molecule has 1 aliphatic heterocycles.